The number of ether oxygens (including phenoxy) is 1. The molecule has 3 N–H and O–H groups in total. The van der Waals surface area contributed by atoms with Gasteiger partial charge in [0.05, 0.1) is 19.3 Å². The molecule has 5 nitrogen and oxygen atoms in total. The van der Waals surface area contributed by atoms with Gasteiger partial charge in [0.15, 0.2) is 5.78 Å². The summed E-state index contributed by atoms with van der Waals surface area (Å²) < 4.78 is 5.74. The Morgan fingerprint density at radius 2 is 2.10 bits per heavy atom. The van der Waals surface area contributed by atoms with Gasteiger partial charge in [-0.1, -0.05) is 13.0 Å². The Hall–Kier alpha value is -0.750. The molecule has 4 aliphatic rings. The summed E-state index contributed by atoms with van der Waals surface area (Å²) in [4.78, 5) is 12.3. The summed E-state index contributed by atoms with van der Waals surface area (Å²) in [6.07, 6.45) is 0.843. The first-order valence-electron chi connectivity index (χ1n) is 7.73. The van der Waals surface area contributed by atoms with Crippen molar-refractivity contribution < 1.29 is 24.9 Å². The summed E-state index contributed by atoms with van der Waals surface area (Å²) in [6.45, 7) is 3.96. The summed E-state index contributed by atoms with van der Waals surface area (Å²) >= 11 is 0. The molecule has 2 saturated carbocycles. The SMILES string of the molecule is CC1=C[C@H]2CC3[C@H](O)[C@H](C)[C@@H](C34CO4)C2(CO)C(O)C1=O. The molecule has 1 aliphatic heterocycles. The van der Waals surface area contributed by atoms with Gasteiger partial charge in [0, 0.05) is 17.3 Å². The molecule has 8 atom stereocenters. The van der Waals surface area contributed by atoms with Crippen LogP contribution in [0.3, 0.4) is 0 Å². The Kier molecular flexibility index (Phi) is 2.62. The van der Waals surface area contributed by atoms with Crippen molar-refractivity contribution in [1.82, 2.24) is 0 Å². The zero-order chi connectivity index (χ0) is 15.2. The number of aliphatic hydroxyl groups is 3. The van der Waals surface area contributed by atoms with Crippen LogP contribution in [0, 0.1) is 29.1 Å². The Balaban J connectivity index is 1.91. The topological polar surface area (TPSA) is 90.3 Å². The molecular weight excluding hydrogens is 272 g/mol. The van der Waals surface area contributed by atoms with Gasteiger partial charge < -0.3 is 20.1 Å². The first-order chi connectivity index (χ1) is 9.90. The fraction of sp³-hybridized carbons (Fsp3) is 0.812. The van der Waals surface area contributed by atoms with E-state index in [4.69, 9.17) is 4.74 Å². The van der Waals surface area contributed by atoms with Crippen molar-refractivity contribution in [2.75, 3.05) is 13.2 Å². The number of carbonyl (C=O) groups is 1. The van der Waals surface area contributed by atoms with Crippen molar-refractivity contribution in [3.05, 3.63) is 11.6 Å². The van der Waals surface area contributed by atoms with Gasteiger partial charge in [0.25, 0.3) is 0 Å². The highest BCUT2D eigenvalue weighted by molar-refractivity contribution is 6.00. The molecule has 4 rings (SSSR count). The number of ketones is 1. The predicted octanol–water partition coefficient (Wildman–Crippen LogP) is -0.113. The molecule has 0 amide bonds. The number of Topliss-reactive ketones (excluding diaryl/α,β-unsaturated/α-hetero) is 1. The Morgan fingerprint density at radius 1 is 1.43 bits per heavy atom. The fourth-order valence-corrected chi connectivity index (χ4v) is 5.75. The minimum Gasteiger partial charge on any atom is -0.396 e. The van der Waals surface area contributed by atoms with Crippen LogP contribution < -0.4 is 0 Å². The lowest BCUT2D eigenvalue weighted by Crippen LogP contribution is -2.62. The zero-order valence-electron chi connectivity index (χ0n) is 12.3. The lowest BCUT2D eigenvalue weighted by molar-refractivity contribution is -0.161. The quantitative estimate of drug-likeness (QED) is 0.587. The average molecular weight is 294 g/mol. The van der Waals surface area contributed by atoms with Crippen LogP contribution in [-0.4, -0.2) is 52.1 Å². The molecule has 3 fully saturated rings. The molecule has 0 radical (unpaired) electrons. The monoisotopic (exact) mass is 294 g/mol. The van der Waals surface area contributed by atoms with Crippen LogP contribution in [0.2, 0.25) is 0 Å². The van der Waals surface area contributed by atoms with Crippen molar-refractivity contribution in [2.24, 2.45) is 29.1 Å². The van der Waals surface area contributed by atoms with Crippen molar-refractivity contribution in [3.8, 4) is 0 Å². The van der Waals surface area contributed by atoms with Gasteiger partial charge in [-0.05, 0) is 30.8 Å². The number of hydrogen-bond acceptors (Lipinski definition) is 5. The van der Waals surface area contributed by atoms with E-state index in [1.807, 2.05) is 13.0 Å². The fourth-order valence-electron chi connectivity index (χ4n) is 5.75. The number of aliphatic hydroxyl groups excluding tert-OH is 3. The van der Waals surface area contributed by atoms with Crippen LogP contribution in [0.4, 0.5) is 0 Å². The summed E-state index contributed by atoms with van der Waals surface area (Å²) in [5.74, 6) is -0.629. The van der Waals surface area contributed by atoms with Crippen LogP contribution in [0.1, 0.15) is 20.3 Å². The molecule has 5 heteroatoms. The second-order valence-corrected chi connectivity index (χ2v) is 7.41. The number of fused-ring (bicyclic) bond motifs is 2. The summed E-state index contributed by atoms with van der Waals surface area (Å²) in [5, 5.41) is 31.4. The normalized spacial score (nSPS) is 58.1. The van der Waals surface area contributed by atoms with Crippen LogP contribution in [0.5, 0.6) is 0 Å². The van der Waals surface area contributed by atoms with E-state index in [2.05, 4.69) is 0 Å². The maximum atomic E-state index is 12.3. The molecule has 2 bridgehead atoms. The van der Waals surface area contributed by atoms with E-state index >= 15 is 0 Å². The molecule has 1 saturated heterocycles. The zero-order valence-corrected chi connectivity index (χ0v) is 12.3. The van der Waals surface area contributed by atoms with Crippen LogP contribution in [0.15, 0.2) is 11.6 Å². The molecule has 4 unspecified atom stereocenters. The molecule has 21 heavy (non-hydrogen) atoms. The molecular formula is C16H22O5. The molecule has 0 aromatic carbocycles. The van der Waals surface area contributed by atoms with Gasteiger partial charge in [-0.15, -0.1) is 0 Å². The summed E-state index contributed by atoms with van der Waals surface area (Å²) in [5.41, 5.74) is -0.801. The second-order valence-electron chi connectivity index (χ2n) is 7.41. The Morgan fingerprint density at radius 3 is 2.67 bits per heavy atom. The number of carbonyl (C=O) groups excluding carboxylic acids is 1. The first kappa shape index (κ1) is 13.9. The van der Waals surface area contributed by atoms with Gasteiger partial charge >= 0.3 is 0 Å². The minimum atomic E-state index is -1.21. The van der Waals surface area contributed by atoms with Crippen LogP contribution in [-0.2, 0) is 9.53 Å². The maximum absolute atomic E-state index is 12.3. The Labute approximate surface area is 123 Å². The minimum absolute atomic E-state index is 0.0339. The van der Waals surface area contributed by atoms with E-state index in [-0.39, 0.29) is 36.1 Å². The van der Waals surface area contributed by atoms with Crippen LogP contribution >= 0.6 is 0 Å². The van der Waals surface area contributed by atoms with E-state index in [1.165, 1.54) is 0 Å². The van der Waals surface area contributed by atoms with Crippen molar-refractivity contribution in [1.29, 1.82) is 0 Å². The van der Waals surface area contributed by atoms with E-state index in [0.717, 1.165) is 0 Å². The highest BCUT2D eigenvalue weighted by Crippen LogP contribution is 2.69. The Bertz CT molecular complexity index is 537. The highest BCUT2D eigenvalue weighted by atomic mass is 16.6. The molecule has 1 heterocycles. The van der Waals surface area contributed by atoms with Gasteiger partial charge in [-0.3, -0.25) is 4.79 Å². The number of epoxide rings is 1. The van der Waals surface area contributed by atoms with E-state index < -0.39 is 23.2 Å². The van der Waals surface area contributed by atoms with E-state index in [1.54, 1.807) is 6.92 Å². The average Bonchev–Trinajstić information content (AvgIpc) is 3.22. The standard InChI is InChI=1S/C16H22O5/c1-7-3-9-4-10-12(19)8(2)13(16(10)6-21-16)15(9,5-17)14(20)11(7)18/h3,8-10,12-14,17,19-20H,4-6H2,1-2H3/t8-,9-,10?,12+,13+,14?,15?,16?/m0/s1. The van der Waals surface area contributed by atoms with Crippen LogP contribution in [0.25, 0.3) is 0 Å². The third-order valence-electron chi connectivity index (χ3n) is 6.76. The van der Waals surface area contributed by atoms with Gasteiger partial charge in [-0.2, -0.15) is 0 Å². The molecule has 1 spiro atoms. The number of allylic oxidation sites excluding steroid dienone is 1. The first-order valence-corrected chi connectivity index (χ1v) is 7.73. The van der Waals surface area contributed by atoms with E-state index in [0.29, 0.717) is 18.6 Å². The van der Waals surface area contributed by atoms with Gasteiger partial charge in [0.1, 0.15) is 11.7 Å². The summed E-state index contributed by atoms with van der Waals surface area (Å²) in [7, 11) is 0. The molecule has 0 aromatic rings. The number of rotatable bonds is 1. The van der Waals surface area contributed by atoms with Gasteiger partial charge in [0.2, 0.25) is 0 Å². The third-order valence-corrected chi connectivity index (χ3v) is 6.76. The smallest absolute Gasteiger partial charge is 0.187 e. The van der Waals surface area contributed by atoms with Crippen molar-refractivity contribution >= 4 is 5.78 Å². The van der Waals surface area contributed by atoms with Crippen molar-refractivity contribution in [2.45, 2.75) is 38.1 Å². The lowest BCUT2D eigenvalue weighted by atomic mass is 9.50. The van der Waals surface area contributed by atoms with E-state index in [9.17, 15) is 20.1 Å². The largest absolute Gasteiger partial charge is 0.396 e. The predicted molar refractivity (Wildman–Crippen MR) is 73.2 cm³/mol. The number of hydrogen-bond donors (Lipinski definition) is 3. The molecule has 116 valence electrons. The molecule has 3 aliphatic carbocycles. The maximum Gasteiger partial charge on any atom is 0.187 e. The summed E-state index contributed by atoms with van der Waals surface area (Å²) in [6, 6.07) is 0. The van der Waals surface area contributed by atoms with Gasteiger partial charge in [-0.25, -0.2) is 0 Å². The van der Waals surface area contributed by atoms with Crippen molar-refractivity contribution in [3.63, 3.8) is 0 Å². The third kappa shape index (κ3) is 1.35. The lowest BCUT2D eigenvalue weighted by Gasteiger charge is -2.53. The molecule has 0 aromatic heterocycles. The highest BCUT2D eigenvalue weighted by Gasteiger charge is 2.77. The second kappa shape index (κ2) is 3.96.